The van der Waals surface area contributed by atoms with E-state index in [0.29, 0.717) is 36.1 Å². The van der Waals surface area contributed by atoms with Crippen LogP contribution in [0.3, 0.4) is 0 Å². The quantitative estimate of drug-likeness (QED) is 0.791. The van der Waals surface area contributed by atoms with Crippen molar-refractivity contribution in [1.82, 2.24) is 10.2 Å². The second-order valence-electron chi connectivity index (χ2n) is 7.04. The third kappa shape index (κ3) is 3.96. The van der Waals surface area contributed by atoms with Crippen LogP contribution in [-0.4, -0.2) is 49.6 Å². The second kappa shape index (κ2) is 8.31. The van der Waals surface area contributed by atoms with Gasteiger partial charge < -0.3 is 19.4 Å². The maximum atomic E-state index is 13.2. The molecular formula is C20H25ClN2O4. The topological polar surface area (TPSA) is 71.8 Å². The van der Waals surface area contributed by atoms with Crippen LogP contribution in [0.15, 0.2) is 22.6 Å². The SMILES string of the molecule is COCCNC(=O)[C@H]1CC[C@H](C)N(C(=O)c2oc3c(Cl)cccc3c2C)C1. The molecule has 2 heterocycles. The summed E-state index contributed by atoms with van der Waals surface area (Å²) in [6.45, 7) is 5.18. The van der Waals surface area contributed by atoms with E-state index in [1.54, 1.807) is 18.1 Å². The highest BCUT2D eigenvalue weighted by Gasteiger charge is 2.35. The van der Waals surface area contributed by atoms with Gasteiger partial charge in [-0.1, -0.05) is 23.7 Å². The lowest BCUT2D eigenvalue weighted by atomic mass is 9.92. The van der Waals surface area contributed by atoms with Gasteiger partial charge in [0.25, 0.3) is 5.91 Å². The molecule has 2 atom stereocenters. The summed E-state index contributed by atoms with van der Waals surface area (Å²) in [4.78, 5) is 27.3. The molecule has 146 valence electrons. The van der Waals surface area contributed by atoms with E-state index >= 15 is 0 Å². The van der Waals surface area contributed by atoms with Crippen LogP contribution in [0.1, 0.15) is 35.9 Å². The zero-order valence-electron chi connectivity index (χ0n) is 15.9. The zero-order chi connectivity index (χ0) is 19.6. The molecule has 2 amide bonds. The van der Waals surface area contributed by atoms with E-state index in [2.05, 4.69) is 5.32 Å². The van der Waals surface area contributed by atoms with Crippen molar-refractivity contribution in [2.75, 3.05) is 26.8 Å². The number of para-hydroxylation sites is 1. The van der Waals surface area contributed by atoms with Gasteiger partial charge in [0, 0.05) is 37.2 Å². The normalized spacial score (nSPS) is 20.1. The molecule has 1 aromatic heterocycles. The first-order valence-electron chi connectivity index (χ1n) is 9.19. The fourth-order valence-corrected chi connectivity index (χ4v) is 3.78. The van der Waals surface area contributed by atoms with Gasteiger partial charge in [0.2, 0.25) is 5.91 Å². The van der Waals surface area contributed by atoms with Crippen molar-refractivity contribution in [2.24, 2.45) is 5.92 Å². The number of carbonyl (C=O) groups excluding carboxylic acids is 2. The van der Waals surface area contributed by atoms with Crippen LogP contribution in [0.4, 0.5) is 0 Å². The fourth-order valence-electron chi connectivity index (χ4n) is 3.57. The van der Waals surface area contributed by atoms with Gasteiger partial charge >= 0.3 is 0 Å². The van der Waals surface area contributed by atoms with E-state index in [1.165, 1.54) is 0 Å². The van der Waals surface area contributed by atoms with Crippen LogP contribution in [0.25, 0.3) is 11.0 Å². The first-order valence-corrected chi connectivity index (χ1v) is 9.57. The summed E-state index contributed by atoms with van der Waals surface area (Å²) in [6.07, 6.45) is 1.53. The Hall–Kier alpha value is -2.05. The minimum Gasteiger partial charge on any atom is -0.449 e. The molecule has 1 aliphatic rings. The summed E-state index contributed by atoms with van der Waals surface area (Å²) in [5, 5.41) is 4.19. The Morgan fingerprint density at radius 1 is 1.37 bits per heavy atom. The molecule has 3 rings (SSSR count). The Kier molecular flexibility index (Phi) is 6.07. The predicted octanol–water partition coefficient (Wildman–Crippen LogP) is 3.40. The van der Waals surface area contributed by atoms with Gasteiger partial charge in [-0.25, -0.2) is 0 Å². The highest BCUT2D eigenvalue weighted by molar-refractivity contribution is 6.35. The molecule has 6 nitrogen and oxygen atoms in total. The number of methoxy groups -OCH3 is 1. The van der Waals surface area contributed by atoms with Crippen molar-refractivity contribution in [3.05, 3.63) is 34.5 Å². The molecule has 0 unspecified atom stereocenters. The number of amides is 2. The van der Waals surface area contributed by atoms with Crippen molar-refractivity contribution in [3.8, 4) is 0 Å². The first kappa shape index (κ1) is 19.7. The molecule has 0 aliphatic carbocycles. The lowest BCUT2D eigenvalue weighted by molar-refractivity contribution is -0.126. The fraction of sp³-hybridized carbons (Fsp3) is 0.500. The van der Waals surface area contributed by atoms with Crippen LogP contribution in [0, 0.1) is 12.8 Å². The van der Waals surface area contributed by atoms with Crippen molar-refractivity contribution in [2.45, 2.75) is 32.7 Å². The van der Waals surface area contributed by atoms with E-state index in [0.717, 1.165) is 23.8 Å². The number of furan rings is 1. The number of nitrogens with zero attached hydrogens (tertiary/aromatic N) is 1. The first-order chi connectivity index (χ1) is 12.9. The maximum Gasteiger partial charge on any atom is 0.290 e. The Morgan fingerprint density at radius 3 is 2.85 bits per heavy atom. The molecule has 1 aliphatic heterocycles. The molecule has 0 radical (unpaired) electrons. The minimum atomic E-state index is -0.227. The van der Waals surface area contributed by atoms with E-state index in [4.69, 9.17) is 20.8 Å². The number of benzene rings is 1. The number of hydrogen-bond donors (Lipinski definition) is 1. The standard InChI is InChI=1S/C20H25ClN2O4/c1-12-7-8-14(19(24)22-9-10-26-3)11-23(12)20(25)17-13(2)15-5-4-6-16(21)18(15)27-17/h4-6,12,14H,7-11H2,1-3H3,(H,22,24)/t12-,14-/m0/s1. The Morgan fingerprint density at radius 2 is 2.15 bits per heavy atom. The summed E-state index contributed by atoms with van der Waals surface area (Å²) in [5.74, 6) is -0.163. The van der Waals surface area contributed by atoms with Gasteiger partial charge in [-0.3, -0.25) is 9.59 Å². The van der Waals surface area contributed by atoms with Gasteiger partial charge in [0.15, 0.2) is 11.3 Å². The molecular weight excluding hydrogens is 368 g/mol. The van der Waals surface area contributed by atoms with Crippen LogP contribution < -0.4 is 5.32 Å². The number of rotatable bonds is 5. The van der Waals surface area contributed by atoms with Crippen molar-refractivity contribution < 1.29 is 18.7 Å². The van der Waals surface area contributed by atoms with Crippen molar-refractivity contribution >= 4 is 34.4 Å². The smallest absolute Gasteiger partial charge is 0.290 e. The highest BCUT2D eigenvalue weighted by Crippen LogP contribution is 2.33. The molecule has 0 saturated carbocycles. The number of hydrogen-bond acceptors (Lipinski definition) is 4. The van der Waals surface area contributed by atoms with Gasteiger partial charge in [-0.15, -0.1) is 0 Å². The Bertz CT molecular complexity index is 848. The van der Waals surface area contributed by atoms with E-state index < -0.39 is 0 Å². The van der Waals surface area contributed by atoms with Gasteiger partial charge in [-0.2, -0.15) is 0 Å². The number of fused-ring (bicyclic) bond motifs is 1. The van der Waals surface area contributed by atoms with E-state index in [9.17, 15) is 9.59 Å². The third-order valence-corrected chi connectivity index (χ3v) is 5.53. The molecule has 7 heteroatoms. The number of ether oxygens (including phenoxy) is 1. The van der Waals surface area contributed by atoms with Crippen LogP contribution in [0.5, 0.6) is 0 Å². The molecule has 1 aromatic carbocycles. The predicted molar refractivity (Wildman–Crippen MR) is 104 cm³/mol. The monoisotopic (exact) mass is 392 g/mol. The summed E-state index contributed by atoms with van der Waals surface area (Å²) < 4.78 is 10.8. The van der Waals surface area contributed by atoms with Crippen LogP contribution in [-0.2, 0) is 9.53 Å². The van der Waals surface area contributed by atoms with E-state index in [-0.39, 0.29) is 23.8 Å². The molecule has 2 aromatic rings. The molecule has 0 bridgehead atoms. The number of carbonyl (C=O) groups is 2. The van der Waals surface area contributed by atoms with E-state index in [1.807, 2.05) is 26.0 Å². The highest BCUT2D eigenvalue weighted by atomic mass is 35.5. The Labute approximate surface area is 163 Å². The molecule has 1 saturated heterocycles. The molecule has 0 spiro atoms. The van der Waals surface area contributed by atoms with Gasteiger partial charge in [-0.05, 0) is 32.8 Å². The molecule has 27 heavy (non-hydrogen) atoms. The largest absolute Gasteiger partial charge is 0.449 e. The number of nitrogens with one attached hydrogen (secondary N) is 1. The average Bonchev–Trinajstić information content (AvgIpc) is 3.00. The summed E-state index contributed by atoms with van der Waals surface area (Å²) in [7, 11) is 1.59. The number of likely N-dealkylation sites (tertiary alicyclic amines) is 1. The van der Waals surface area contributed by atoms with Crippen molar-refractivity contribution in [3.63, 3.8) is 0 Å². The summed E-state index contributed by atoms with van der Waals surface area (Å²) in [5.41, 5.74) is 1.30. The average molecular weight is 393 g/mol. The molecule has 1 fully saturated rings. The summed E-state index contributed by atoms with van der Waals surface area (Å²) in [6, 6.07) is 5.52. The third-order valence-electron chi connectivity index (χ3n) is 5.23. The number of aryl methyl sites for hydroxylation is 1. The van der Waals surface area contributed by atoms with Gasteiger partial charge in [0.05, 0.1) is 17.5 Å². The zero-order valence-corrected chi connectivity index (χ0v) is 16.6. The maximum absolute atomic E-state index is 13.2. The van der Waals surface area contributed by atoms with Gasteiger partial charge in [0.1, 0.15) is 0 Å². The van der Waals surface area contributed by atoms with Crippen LogP contribution >= 0.6 is 11.6 Å². The van der Waals surface area contributed by atoms with Crippen LogP contribution in [0.2, 0.25) is 5.02 Å². The lowest BCUT2D eigenvalue weighted by Gasteiger charge is -2.37. The lowest BCUT2D eigenvalue weighted by Crippen LogP contribution is -2.49. The number of halogens is 1. The van der Waals surface area contributed by atoms with Crippen molar-refractivity contribution in [1.29, 1.82) is 0 Å². The minimum absolute atomic E-state index is 0.0406. The Balaban J connectivity index is 1.80. The number of piperidine rings is 1. The second-order valence-corrected chi connectivity index (χ2v) is 7.44. The molecule has 1 N–H and O–H groups in total. The summed E-state index contributed by atoms with van der Waals surface area (Å²) >= 11 is 6.20.